The summed E-state index contributed by atoms with van der Waals surface area (Å²) in [6, 6.07) is 5.58. The van der Waals surface area contributed by atoms with Gasteiger partial charge in [0.25, 0.3) is 5.78 Å². The Kier molecular flexibility index (Phi) is 2.90. The Balaban J connectivity index is 2.04. The molecule has 1 aromatic carbocycles. The third-order valence-electron chi connectivity index (χ3n) is 2.46. The van der Waals surface area contributed by atoms with Gasteiger partial charge in [0, 0.05) is 10.6 Å². The van der Waals surface area contributed by atoms with Crippen LogP contribution in [0.4, 0.5) is 8.78 Å². The minimum atomic E-state index is -0.870. The van der Waals surface area contributed by atoms with Crippen molar-refractivity contribution in [2.24, 2.45) is 0 Å². The zero-order valence-electron chi connectivity index (χ0n) is 9.84. The first kappa shape index (κ1) is 12.0. The highest BCUT2D eigenvalue weighted by Gasteiger charge is 2.09. The summed E-state index contributed by atoms with van der Waals surface area (Å²) in [5, 5.41) is 4.79. The van der Waals surface area contributed by atoms with Crippen LogP contribution >= 0.6 is 11.8 Å². The minimum Gasteiger partial charge on any atom is -0.216 e. The first-order valence-corrected chi connectivity index (χ1v) is 6.25. The van der Waals surface area contributed by atoms with E-state index in [-0.39, 0.29) is 0 Å². The average molecular weight is 278 g/mol. The second-order valence-corrected chi connectivity index (χ2v) is 4.98. The van der Waals surface area contributed by atoms with E-state index in [1.807, 2.05) is 13.0 Å². The molecule has 0 fully saturated rings. The number of aryl methyl sites for hydroxylation is 1. The number of benzene rings is 1. The van der Waals surface area contributed by atoms with Crippen LogP contribution in [-0.4, -0.2) is 19.6 Å². The lowest BCUT2D eigenvalue weighted by Gasteiger charge is -2.05. The molecule has 2 aromatic heterocycles. The highest BCUT2D eigenvalue weighted by Crippen LogP contribution is 2.28. The lowest BCUT2D eigenvalue weighted by molar-refractivity contribution is 0.506. The summed E-state index contributed by atoms with van der Waals surface area (Å²) in [4.78, 5) is 8.80. The second kappa shape index (κ2) is 4.58. The van der Waals surface area contributed by atoms with Gasteiger partial charge in [0.05, 0.1) is 0 Å². The summed E-state index contributed by atoms with van der Waals surface area (Å²) in [6.07, 6.45) is 1.40. The predicted octanol–water partition coefficient (Wildman–Crippen LogP) is 2.86. The fraction of sp³-hybridized carbons (Fsp3) is 0.0833. The molecule has 4 nitrogen and oxygen atoms in total. The van der Waals surface area contributed by atoms with E-state index in [1.165, 1.54) is 24.2 Å². The zero-order chi connectivity index (χ0) is 13.4. The van der Waals surface area contributed by atoms with Crippen molar-refractivity contribution in [2.45, 2.75) is 16.8 Å². The van der Waals surface area contributed by atoms with Crippen LogP contribution in [0.25, 0.3) is 5.78 Å². The maximum atomic E-state index is 13.2. The standard InChI is InChI=1S/C12H8F2N4S/c1-7-4-11(18-12(17-7)15-6-16-18)19-8-2-3-9(13)10(14)5-8/h2-6H,1H3. The molecular formula is C12H8F2N4S. The van der Waals surface area contributed by atoms with E-state index in [2.05, 4.69) is 15.1 Å². The minimum absolute atomic E-state index is 0.477. The van der Waals surface area contributed by atoms with Crippen molar-refractivity contribution in [3.63, 3.8) is 0 Å². The lowest BCUT2D eigenvalue weighted by atomic mass is 10.3. The lowest BCUT2D eigenvalue weighted by Crippen LogP contribution is -1.97. The van der Waals surface area contributed by atoms with Crippen molar-refractivity contribution in [1.29, 1.82) is 0 Å². The van der Waals surface area contributed by atoms with E-state index in [9.17, 15) is 8.78 Å². The van der Waals surface area contributed by atoms with Gasteiger partial charge in [-0.3, -0.25) is 0 Å². The van der Waals surface area contributed by atoms with E-state index in [0.29, 0.717) is 10.7 Å². The molecule has 0 amide bonds. The average Bonchev–Trinajstić information content (AvgIpc) is 2.82. The van der Waals surface area contributed by atoms with Crippen LogP contribution in [0.5, 0.6) is 0 Å². The molecule has 0 saturated carbocycles. The van der Waals surface area contributed by atoms with E-state index in [4.69, 9.17) is 0 Å². The van der Waals surface area contributed by atoms with Crippen LogP contribution in [0.3, 0.4) is 0 Å². The van der Waals surface area contributed by atoms with Gasteiger partial charge >= 0.3 is 0 Å². The van der Waals surface area contributed by atoms with E-state index >= 15 is 0 Å². The second-order valence-electron chi connectivity index (χ2n) is 3.89. The molecule has 0 saturated heterocycles. The van der Waals surface area contributed by atoms with Crippen LogP contribution in [0.2, 0.25) is 0 Å². The van der Waals surface area contributed by atoms with Gasteiger partial charge in [-0.25, -0.2) is 13.8 Å². The van der Waals surface area contributed by atoms with Gasteiger partial charge < -0.3 is 0 Å². The molecule has 2 heterocycles. The Morgan fingerprint density at radius 2 is 2.00 bits per heavy atom. The Hall–Kier alpha value is -2.02. The quantitative estimate of drug-likeness (QED) is 0.676. The molecule has 0 N–H and O–H groups in total. The maximum absolute atomic E-state index is 13.2. The summed E-state index contributed by atoms with van der Waals surface area (Å²) in [6.45, 7) is 1.84. The molecule has 0 radical (unpaired) electrons. The number of halogens is 2. The summed E-state index contributed by atoms with van der Waals surface area (Å²) in [7, 11) is 0. The first-order chi connectivity index (χ1) is 9.13. The maximum Gasteiger partial charge on any atom is 0.253 e. The number of hydrogen-bond acceptors (Lipinski definition) is 4. The molecule has 0 aliphatic heterocycles. The number of nitrogens with zero attached hydrogens (tertiary/aromatic N) is 4. The van der Waals surface area contributed by atoms with Gasteiger partial charge in [-0.2, -0.15) is 14.6 Å². The van der Waals surface area contributed by atoms with Crippen molar-refractivity contribution < 1.29 is 8.78 Å². The Morgan fingerprint density at radius 1 is 1.16 bits per heavy atom. The molecule has 0 atom stereocenters. The van der Waals surface area contributed by atoms with Crippen molar-refractivity contribution in [3.8, 4) is 0 Å². The van der Waals surface area contributed by atoms with Gasteiger partial charge in [0.2, 0.25) is 0 Å². The third-order valence-corrected chi connectivity index (χ3v) is 3.45. The summed E-state index contributed by atoms with van der Waals surface area (Å²) in [5.74, 6) is -1.25. The van der Waals surface area contributed by atoms with Crippen LogP contribution in [-0.2, 0) is 0 Å². The van der Waals surface area contributed by atoms with Crippen molar-refractivity contribution >= 4 is 17.5 Å². The fourth-order valence-corrected chi connectivity index (χ4v) is 2.62. The van der Waals surface area contributed by atoms with Crippen molar-refractivity contribution in [3.05, 3.63) is 47.9 Å². The SMILES string of the molecule is Cc1cc(Sc2ccc(F)c(F)c2)n2ncnc2n1. The van der Waals surface area contributed by atoms with E-state index in [1.54, 1.807) is 4.52 Å². The molecule has 3 aromatic rings. The topological polar surface area (TPSA) is 43.1 Å². The number of rotatable bonds is 2. The highest BCUT2D eigenvalue weighted by molar-refractivity contribution is 7.99. The van der Waals surface area contributed by atoms with Crippen molar-refractivity contribution in [1.82, 2.24) is 19.6 Å². The summed E-state index contributed by atoms with van der Waals surface area (Å²) < 4.78 is 27.6. The molecule has 19 heavy (non-hydrogen) atoms. The van der Waals surface area contributed by atoms with Crippen LogP contribution in [0.15, 0.2) is 40.5 Å². The molecule has 0 unspecified atom stereocenters. The van der Waals surface area contributed by atoms with Crippen LogP contribution in [0.1, 0.15) is 5.69 Å². The normalized spacial score (nSPS) is 11.1. The predicted molar refractivity (Wildman–Crippen MR) is 66.0 cm³/mol. The van der Waals surface area contributed by atoms with Gasteiger partial charge in [-0.15, -0.1) is 0 Å². The van der Waals surface area contributed by atoms with Gasteiger partial charge in [0.1, 0.15) is 11.4 Å². The Labute approximate surface area is 111 Å². The molecule has 0 aliphatic carbocycles. The van der Waals surface area contributed by atoms with Gasteiger partial charge in [-0.1, -0.05) is 11.8 Å². The van der Waals surface area contributed by atoms with E-state index < -0.39 is 11.6 Å². The Bertz CT molecular complexity index is 757. The summed E-state index contributed by atoms with van der Waals surface area (Å²) >= 11 is 1.27. The molecule has 0 aliphatic rings. The number of fused-ring (bicyclic) bond motifs is 1. The molecule has 7 heteroatoms. The van der Waals surface area contributed by atoms with Gasteiger partial charge in [0.15, 0.2) is 11.6 Å². The Morgan fingerprint density at radius 3 is 2.79 bits per heavy atom. The van der Waals surface area contributed by atoms with Crippen LogP contribution in [0, 0.1) is 18.6 Å². The first-order valence-electron chi connectivity index (χ1n) is 5.44. The monoisotopic (exact) mass is 278 g/mol. The third kappa shape index (κ3) is 2.28. The van der Waals surface area contributed by atoms with Gasteiger partial charge in [-0.05, 0) is 31.2 Å². The molecule has 0 bridgehead atoms. The van der Waals surface area contributed by atoms with Crippen LogP contribution < -0.4 is 0 Å². The number of hydrogen-bond donors (Lipinski definition) is 0. The molecule has 3 rings (SSSR count). The largest absolute Gasteiger partial charge is 0.253 e. The summed E-state index contributed by atoms with van der Waals surface area (Å²) in [5.41, 5.74) is 0.783. The molecular weight excluding hydrogens is 270 g/mol. The number of aromatic nitrogens is 4. The fourth-order valence-electron chi connectivity index (χ4n) is 1.63. The zero-order valence-corrected chi connectivity index (χ0v) is 10.7. The van der Waals surface area contributed by atoms with Crippen molar-refractivity contribution in [2.75, 3.05) is 0 Å². The molecule has 96 valence electrons. The smallest absolute Gasteiger partial charge is 0.216 e. The molecule has 0 spiro atoms. The van der Waals surface area contributed by atoms with E-state index in [0.717, 1.165) is 22.9 Å². The highest BCUT2D eigenvalue weighted by atomic mass is 32.2.